The highest BCUT2D eigenvalue weighted by Crippen LogP contribution is 2.34. The van der Waals surface area contributed by atoms with Gasteiger partial charge in [0.2, 0.25) is 0 Å². The van der Waals surface area contributed by atoms with Crippen molar-refractivity contribution in [2.24, 2.45) is 0 Å². The zero-order chi connectivity index (χ0) is 16.1. The summed E-state index contributed by atoms with van der Waals surface area (Å²) in [6.07, 6.45) is 0.733. The van der Waals surface area contributed by atoms with Crippen LogP contribution >= 0.6 is 12.2 Å². The Hall–Kier alpha value is -2.20. The average Bonchev–Trinajstić information content (AvgIpc) is 2.79. The predicted molar refractivity (Wildman–Crippen MR) is 95.5 cm³/mol. The summed E-state index contributed by atoms with van der Waals surface area (Å²) in [6.45, 7) is 4.82. The number of thiocarbonyl (C=S) groups is 1. The highest BCUT2D eigenvalue weighted by Gasteiger charge is 2.45. The molecule has 1 atom stereocenters. The Balaban J connectivity index is 1.76. The molecule has 2 aliphatic heterocycles. The van der Waals surface area contributed by atoms with Crippen LogP contribution in [0.1, 0.15) is 22.3 Å². The van der Waals surface area contributed by atoms with Crippen LogP contribution in [-0.2, 0) is 17.8 Å². The van der Waals surface area contributed by atoms with E-state index in [1.165, 1.54) is 16.7 Å². The Labute approximate surface area is 141 Å². The molecule has 0 N–H and O–H groups in total. The lowest BCUT2D eigenvalue weighted by atomic mass is 9.95. The van der Waals surface area contributed by atoms with Gasteiger partial charge in [-0.1, -0.05) is 36.4 Å². The highest BCUT2D eigenvalue weighted by atomic mass is 32.1. The van der Waals surface area contributed by atoms with Crippen LogP contribution in [0.2, 0.25) is 0 Å². The van der Waals surface area contributed by atoms with Crippen molar-refractivity contribution in [2.45, 2.75) is 32.9 Å². The fourth-order valence-electron chi connectivity index (χ4n) is 3.52. The number of benzene rings is 2. The third-order valence-electron chi connectivity index (χ3n) is 5.01. The molecule has 2 aliphatic rings. The zero-order valence-corrected chi connectivity index (χ0v) is 14.1. The monoisotopic (exact) mass is 322 g/mol. The second-order valence-corrected chi connectivity index (χ2v) is 6.66. The maximum absolute atomic E-state index is 13.0. The molecule has 4 rings (SSSR count). The first kappa shape index (κ1) is 14.4. The van der Waals surface area contributed by atoms with Crippen molar-refractivity contribution in [3.63, 3.8) is 0 Å². The molecule has 1 saturated heterocycles. The van der Waals surface area contributed by atoms with Crippen LogP contribution in [0, 0.1) is 13.8 Å². The van der Waals surface area contributed by atoms with Gasteiger partial charge in [-0.05, 0) is 54.4 Å². The van der Waals surface area contributed by atoms with Gasteiger partial charge in [-0.25, -0.2) is 0 Å². The van der Waals surface area contributed by atoms with Crippen molar-refractivity contribution in [1.29, 1.82) is 0 Å². The maximum atomic E-state index is 13.0. The Morgan fingerprint density at radius 2 is 1.78 bits per heavy atom. The van der Waals surface area contributed by atoms with E-state index in [2.05, 4.69) is 30.0 Å². The highest BCUT2D eigenvalue weighted by molar-refractivity contribution is 7.80. The van der Waals surface area contributed by atoms with Gasteiger partial charge < -0.3 is 4.90 Å². The normalized spacial score (nSPS) is 19.8. The molecule has 3 nitrogen and oxygen atoms in total. The molecule has 2 aromatic rings. The number of aryl methyl sites for hydroxylation is 1. The number of amides is 1. The van der Waals surface area contributed by atoms with Crippen LogP contribution in [0.15, 0.2) is 42.5 Å². The minimum absolute atomic E-state index is 0.0956. The Bertz CT molecular complexity index is 787. The first-order chi connectivity index (χ1) is 11.1. The minimum atomic E-state index is -0.169. The predicted octanol–water partition coefficient (Wildman–Crippen LogP) is 3.36. The molecular weight excluding hydrogens is 304 g/mol. The van der Waals surface area contributed by atoms with Gasteiger partial charge >= 0.3 is 0 Å². The molecule has 2 aromatic carbocycles. The van der Waals surface area contributed by atoms with E-state index in [9.17, 15) is 4.79 Å². The number of anilines is 1. The molecule has 0 saturated carbocycles. The Kier molecular flexibility index (Phi) is 3.23. The summed E-state index contributed by atoms with van der Waals surface area (Å²) in [6, 6.07) is 14.2. The third-order valence-corrected chi connectivity index (χ3v) is 5.43. The van der Waals surface area contributed by atoms with Crippen molar-refractivity contribution < 1.29 is 4.79 Å². The smallest absolute Gasteiger partial charge is 0.256 e. The average molecular weight is 322 g/mol. The largest absolute Gasteiger partial charge is 0.332 e. The second-order valence-electron chi connectivity index (χ2n) is 6.29. The first-order valence-electron chi connectivity index (χ1n) is 7.85. The van der Waals surface area contributed by atoms with Gasteiger partial charge in [-0.15, -0.1) is 0 Å². The maximum Gasteiger partial charge on any atom is 0.256 e. The van der Waals surface area contributed by atoms with Crippen molar-refractivity contribution >= 4 is 28.9 Å². The molecule has 4 heteroatoms. The summed E-state index contributed by atoms with van der Waals surface area (Å²) in [5, 5.41) is 0.628. The van der Waals surface area contributed by atoms with Crippen molar-refractivity contribution in [1.82, 2.24) is 4.90 Å². The summed E-state index contributed by atoms with van der Waals surface area (Å²) >= 11 is 5.66. The summed E-state index contributed by atoms with van der Waals surface area (Å²) in [4.78, 5) is 16.8. The van der Waals surface area contributed by atoms with Gasteiger partial charge in [0.25, 0.3) is 5.91 Å². The number of hydrogen-bond acceptors (Lipinski definition) is 2. The summed E-state index contributed by atoms with van der Waals surface area (Å²) in [5.41, 5.74) is 5.72. The summed E-state index contributed by atoms with van der Waals surface area (Å²) < 4.78 is 0. The molecule has 1 amide bonds. The Morgan fingerprint density at radius 3 is 2.57 bits per heavy atom. The van der Waals surface area contributed by atoms with Gasteiger partial charge in [-0.2, -0.15) is 0 Å². The third kappa shape index (κ3) is 2.09. The van der Waals surface area contributed by atoms with Crippen LogP contribution in [0.5, 0.6) is 0 Å². The van der Waals surface area contributed by atoms with Crippen LogP contribution < -0.4 is 4.90 Å². The number of carbonyl (C=O) groups excluding carboxylic acids is 1. The molecule has 0 radical (unpaired) electrons. The number of carbonyl (C=O) groups is 1. The summed E-state index contributed by atoms with van der Waals surface area (Å²) in [7, 11) is 0. The SMILES string of the molecule is Cc1cccc(N2C(=O)[C@H]3Cc4ccccc4CN3C2=S)c1C. The summed E-state index contributed by atoms with van der Waals surface area (Å²) in [5.74, 6) is 0.0956. The lowest BCUT2D eigenvalue weighted by molar-refractivity contribution is -0.120. The molecule has 0 aromatic heterocycles. The van der Waals surface area contributed by atoms with Crippen LogP contribution in [0.4, 0.5) is 5.69 Å². The van der Waals surface area contributed by atoms with E-state index in [1.54, 1.807) is 4.90 Å². The molecule has 0 aliphatic carbocycles. The van der Waals surface area contributed by atoms with E-state index in [0.29, 0.717) is 11.7 Å². The van der Waals surface area contributed by atoms with Crippen LogP contribution in [0.3, 0.4) is 0 Å². The fourth-order valence-corrected chi connectivity index (χ4v) is 3.90. The first-order valence-corrected chi connectivity index (χ1v) is 8.26. The van der Waals surface area contributed by atoms with E-state index in [0.717, 1.165) is 17.7 Å². The number of fused-ring (bicyclic) bond motifs is 2. The van der Waals surface area contributed by atoms with Crippen LogP contribution in [0.25, 0.3) is 0 Å². The quantitative estimate of drug-likeness (QED) is 0.752. The van der Waals surface area contributed by atoms with Gasteiger partial charge in [0.15, 0.2) is 5.11 Å². The number of nitrogens with zero attached hydrogens (tertiary/aromatic N) is 2. The van der Waals surface area contributed by atoms with E-state index in [4.69, 9.17) is 12.2 Å². The van der Waals surface area contributed by atoms with Gasteiger partial charge in [0.1, 0.15) is 6.04 Å². The molecule has 0 unspecified atom stereocenters. The molecule has 0 bridgehead atoms. The van der Waals surface area contributed by atoms with Crippen molar-refractivity contribution in [3.8, 4) is 0 Å². The molecule has 0 spiro atoms. The number of rotatable bonds is 1. The molecular formula is C19H18N2OS. The second kappa shape index (κ2) is 5.17. The van der Waals surface area contributed by atoms with E-state index in [1.807, 2.05) is 31.2 Å². The Morgan fingerprint density at radius 1 is 1.04 bits per heavy atom. The molecule has 1 fully saturated rings. The van der Waals surface area contributed by atoms with Crippen molar-refractivity contribution in [2.75, 3.05) is 4.90 Å². The van der Waals surface area contributed by atoms with Gasteiger partial charge in [0, 0.05) is 13.0 Å². The topological polar surface area (TPSA) is 23.6 Å². The lowest BCUT2D eigenvalue weighted by Gasteiger charge is -2.30. The van der Waals surface area contributed by atoms with E-state index in [-0.39, 0.29) is 11.9 Å². The molecule has 116 valence electrons. The van der Waals surface area contributed by atoms with Gasteiger partial charge in [0.05, 0.1) is 5.69 Å². The standard InChI is InChI=1S/C19H18N2OS/c1-12-6-5-9-16(13(12)2)21-18(22)17-10-14-7-3-4-8-15(14)11-20(17)19(21)23/h3-9,17H,10-11H2,1-2H3/t17-/m1/s1. The van der Waals surface area contributed by atoms with Gasteiger partial charge in [-0.3, -0.25) is 9.69 Å². The fraction of sp³-hybridized carbons (Fsp3) is 0.263. The van der Waals surface area contributed by atoms with Crippen molar-refractivity contribution in [3.05, 3.63) is 64.7 Å². The lowest BCUT2D eigenvalue weighted by Crippen LogP contribution is -2.39. The molecule has 23 heavy (non-hydrogen) atoms. The van der Waals surface area contributed by atoms with E-state index < -0.39 is 0 Å². The molecule has 2 heterocycles. The van der Waals surface area contributed by atoms with E-state index >= 15 is 0 Å². The minimum Gasteiger partial charge on any atom is -0.332 e. The number of hydrogen-bond donors (Lipinski definition) is 0. The zero-order valence-electron chi connectivity index (χ0n) is 13.2. The van der Waals surface area contributed by atoms with Crippen LogP contribution in [-0.4, -0.2) is 22.0 Å².